The average Bonchev–Trinajstić information content (AvgIpc) is 3.56. The summed E-state index contributed by atoms with van der Waals surface area (Å²) in [6.45, 7) is 9.82. The Labute approximate surface area is 215 Å². The van der Waals surface area contributed by atoms with Crippen LogP contribution in [0.1, 0.15) is 71.8 Å². The Morgan fingerprint density at radius 1 is 1.12 bits per heavy atom. The lowest BCUT2D eigenvalue weighted by atomic mass is 9.91. The fourth-order valence-electron chi connectivity index (χ4n) is 3.66. The van der Waals surface area contributed by atoms with E-state index in [4.69, 9.17) is 14.5 Å². The van der Waals surface area contributed by atoms with Crippen LogP contribution in [0.2, 0.25) is 0 Å². The van der Waals surface area contributed by atoms with E-state index < -0.39 is 5.60 Å². The lowest BCUT2D eigenvalue weighted by Gasteiger charge is -2.31. The molecule has 1 aromatic rings. The van der Waals surface area contributed by atoms with E-state index in [2.05, 4.69) is 27.9 Å². The second kappa shape index (κ2) is 13.2. The molecule has 186 valence electrons. The molecule has 3 rings (SSSR count). The van der Waals surface area contributed by atoms with Crippen LogP contribution in [-0.2, 0) is 11.3 Å². The maximum absolute atomic E-state index is 12.0. The highest BCUT2D eigenvalue weighted by Gasteiger charge is 2.25. The van der Waals surface area contributed by atoms with Gasteiger partial charge in [0, 0.05) is 30.9 Å². The highest BCUT2D eigenvalue weighted by Crippen LogP contribution is 2.29. The summed E-state index contributed by atoms with van der Waals surface area (Å²) in [7, 11) is 0. The molecule has 0 bridgehead atoms. The molecule has 0 radical (unpaired) electrons. The van der Waals surface area contributed by atoms with E-state index in [-0.39, 0.29) is 36.1 Å². The molecular formula is C24H40IN5O3. The highest BCUT2D eigenvalue weighted by molar-refractivity contribution is 14.0. The first-order valence-corrected chi connectivity index (χ1v) is 11.9. The van der Waals surface area contributed by atoms with E-state index in [1.807, 2.05) is 32.9 Å². The first-order chi connectivity index (χ1) is 15.3. The van der Waals surface area contributed by atoms with Gasteiger partial charge in [0.15, 0.2) is 5.96 Å². The minimum atomic E-state index is -0.473. The smallest absolute Gasteiger partial charge is 0.407 e. The van der Waals surface area contributed by atoms with E-state index >= 15 is 0 Å². The Morgan fingerprint density at radius 3 is 2.39 bits per heavy atom. The van der Waals surface area contributed by atoms with Gasteiger partial charge in [-0.05, 0) is 83.8 Å². The number of hydrogen-bond acceptors (Lipinski definition) is 5. The minimum absolute atomic E-state index is 0. The molecule has 0 saturated heterocycles. The standard InChI is InChI=1S/C24H39N5O3.HI/c1-5-25-22(27-15-18-12-13-26-21(14-18)31-16-17-6-7-17)28-19-8-10-20(11-9-19)29-23(30)32-24(2,3)4;/h12-14,17,19-20H,5-11,15-16H2,1-4H3,(H,29,30)(H2,25,27,28);1H. The van der Waals surface area contributed by atoms with Crippen LogP contribution < -0.4 is 20.7 Å². The van der Waals surface area contributed by atoms with E-state index in [0.717, 1.165) is 50.4 Å². The summed E-state index contributed by atoms with van der Waals surface area (Å²) in [4.78, 5) is 21.1. The third-order valence-corrected chi connectivity index (χ3v) is 5.52. The predicted molar refractivity (Wildman–Crippen MR) is 141 cm³/mol. The zero-order valence-electron chi connectivity index (χ0n) is 20.4. The number of nitrogens with one attached hydrogen (secondary N) is 3. The van der Waals surface area contributed by atoms with Gasteiger partial charge in [-0.25, -0.2) is 14.8 Å². The Kier molecular flexibility index (Phi) is 11.0. The van der Waals surface area contributed by atoms with Crippen molar-refractivity contribution in [1.82, 2.24) is 20.9 Å². The van der Waals surface area contributed by atoms with Crippen LogP contribution in [0.4, 0.5) is 4.79 Å². The maximum Gasteiger partial charge on any atom is 0.407 e. The summed E-state index contributed by atoms with van der Waals surface area (Å²) in [6.07, 6.45) is 7.76. The number of pyridine rings is 1. The van der Waals surface area contributed by atoms with Crippen LogP contribution in [0, 0.1) is 5.92 Å². The van der Waals surface area contributed by atoms with Gasteiger partial charge in [0.2, 0.25) is 5.88 Å². The molecule has 8 nitrogen and oxygen atoms in total. The van der Waals surface area contributed by atoms with Gasteiger partial charge in [-0.3, -0.25) is 0 Å². The largest absolute Gasteiger partial charge is 0.477 e. The molecular weight excluding hydrogens is 533 g/mol. The molecule has 2 saturated carbocycles. The number of rotatable bonds is 8. The first-order valence-electron chi connectivity index (χ1n) is 11.9. The molecule has 9 heteroatoms. The van der Waals surface area contributed by atoms with Crippen LogP contribution in [0.25, 0.3) is 0 Å². The lowest BCUT2D eigenvalue weighted by molar-refractivity contribution is 0.0490. The summed E-state index contributed by atoms with van der Waals surface area (Å²) < 4.78 is 11.1. The van der Waals surface area contributed by atoms with Crippen LogP contribution in [0.15, 0.2) is 23.3 Å². The lowest BCUT2D eigenvalue weighted by Crippen LogP contribution is -2.48. The van der Waals surface area contributed by atoms with Crippen molar-refractivity contribution >= 4 is 36.0 Å². The van der Waals surface area contributed by atoms with E-state index in [1.165, 1.54) is 12.8 Å². The number of carbonyl (C=O) groups excluding carboxylic acids is 1. The molecule has 33 heavy (non-hydrogen) atoms. The zero-order valence-corrected chi connectivity index (χ0v) is 22.7. The second-order valence-corrected chi connectivity index (χ2v) is 9.79. The Bertz CT molecular complexity index is 772. The number of nitrogens with zero attached hydrogens (tertiary/aromatic N) is 2. The van der Waals surface area contributed by atoms with E-state index in [0.29, 0.717) is 24.4 Å². The van der Waals surface area contributed by atoms with Gasteiger partial charge in [-0.15, -0.1) is 24.0 Å². The topological polar surface area (TPSA) is 96.9 Å². The van der Waals surface area contributed by atoms with Gasteiger partial charge in [0.05, 0.1) is 13.2 Å². The summed E-state index contributed by atoms with van der Waals surface area (Å²) in [5, 5.41) is 9.88. The van der Waals surface area contributed by atoms with Crippen molar-refractivity contribution in [3.63, 3.8) is 0 Å². The molecule has 0 unspecified atom stereocenters. The Balaban J connectivity index is 0.00000385. The summed E-state index contributed by atoms with van der Waals surface area (Å²) in [6, 6.07) is 4.45. The molecule has 0 atom stereocenters. The molecule has 0 aliphatic heterocycles. The minimum Gasteiger partial charge on any atom is -0.477 e. The number of hydrogen-bond donors (Lipinski definition) is 3. The normalized spacial score (nSPS) is 20.9. The maximum atomic E-state index is 12.0. The number of aromatic nitrogens is 1. The van der Waals surface area contributed by atoms with Gasteiger partial charge in [0.1, 0.15) is 5.60 Å². The van der Waals surface area contributed by atoms with Crippen LogP contribution in [-0.4, -0.2) is 47.9 Å². The molecule has 2 aliphatic rings. The second-order valence-electron chi connectivity index (χ2n) is 9.79. The molecule has 2 aliphatic carbocycles. The van der Waals surface area contributed by atoms with E-state index in [1.54, 1.807) is 6.20 Å². The van der Waals surface area contributed by atoms with Gasteiger partial charge < -0.3 is 25.4 Å². The molecule has 1 heterocycles. The third-order valence-electron chi connectivity index (χ3n) is 5.52. The van der Waals surface area contributed by atoms with Gasteiger partial charge in [0.25, 0.3) is 0 Å². The van der Waals surface area contributed by atoms with Crippen LogP contribution >= 0.6 is 24.0 Å². The number of halogens is 1. The highest BCUT2D eigenvalue weighted by atomic mass is 127. The van der Waals surface area contributed by atoms with Gasteiger partial charge in [-0.2, -0.15) is 0 Å². The number of ether oxygens (including phenoxy) is 2. The SMILES string of the molecule is CCNC(=NCc1ccnc(OCC2CC2)c1)NC1CCC(NC(=O)OC(C)(C)C)CC1.I. The van der Waals surface area contributed by atoms with Crippen molar-refractivity contribution in [2.45, 2.75) is 90.4 Å². The summed E-state index contributed by atoms with van der Waals surface area (Å²) in [5.74, 6) is 2.20. The number of amides is 1. The van der Waals surface area contributed by atoms with Crippen LogP contribution in [0.3, 0.4) is 0 Å². The quantitative estimate of drug-likeness (QED) is 0.243. The Morgan fingerprint density at radius 2 is 1.79 bits per heavy atom. The third kappa shape index (κ3) is 10.8. The first kappa shape index (κ1) is 27.5. The molecule has 2 fully saturated rings. The van der Waals surface area contributed by atoms with Gasteiger partial charge in [-0.1, -0.05) is 0 Å². The van der Waals surface area contributed by atoms with Crippen molar-refractivity contribution in [2.75, 3.05) is 13.2 Å². The van der Waals surface area contributed by atoms with Crippen molar-refractivity contribution in [3.8, 4) is 5.88 Å². The molecule has 3 N–H and O–H groups in total. The summed E-state index contributed by atoms with van der Waals surface area (Å²) in [5.41, 5.74) is 0.604. The number of alkyl carbamates (subject to hydrolysis) is 1. The van der Waals surface area contributed by atoms with Crippen LogP contribution in [0.5, 0.6) is 5.88 Å². The van der Waals surface area contributed by atoms with Gasteiger partial charge >= 0.3 is 6.09 Å². The predicted octanol–water partition coefficient (Wildman–Crippen LogP) is 4.38. The number of carbonyl (C=O) groups is 1. The summed E-state index contributed by atoms with van der Waals surface area (Å²) >= 11 is 0. The molecule has 1 aromatic heterocycles. The molecule has 1 amide bonds. The monoisotopic (exact) mass is 573 g/mol. The molecule has 0 aromatic carbocycles. The van der Waals surface area contributed by atoms with Crippen molar-refractivity contribution in [1.29, 1.82) is 0 Å². The number of aliphatic imine (C=N–C) groups is 1. The number of guanidine groups is 1. The Hall–Kier alpha value is -1.78. The van der Waals surface area contributed by atoms with Crippen molar-refractivity contribution < 1.29 is 14.3 Å². The molecule has 0 spiro atoms. The van der Waals surface area contributed by atoms with Crippen molar-refractivity contribution in [2.24, 2.45) is 10.9 Å². The van der Waals surface area contributed by atoms with E-state index in [9.17, 15) is 4.79 Å². The fourth-order valence-corrected chi connectivity index (χ4v) is 3.66. The average molecular weight is 574 g/mol. The zero-order chi connectivity index (χ0) is 23.0. The fraction of sp³-hybridized carbons (Fsp3) is 0.708. The van der Waals surface area contributed by atoms with Crippen molar-refractivity contribution in [3.05, 3.63) is 23.9 Å².